The molecule has 0 aromatic rings. The van der Waals surface area contributed by atoms with Crippen LogP contribution in [-0.2, 0) is 9.59 Å². The number of carbonyl (C=O) groups is 2. The van der Waals surface area contributed by atoms with Gasteiger partial charge in [0, 0.05) is 13.0 Å². The van der Waals surface area contributed by atoms with Crippen LogP contribution in [0.15, 0.2) is 12.2 Å². The molecule has 0 heterocycles. The van der Waals surface area contributed by atoms with E-state index in [0.717, 1.165) is 6.42 Å². The van der Waals surface area contributed by atoms with Gasteiger partial charge < -0.3 is 10.4 Å². The van der Waals surface area contributed by atoms with E-state index in [2.05, 4.69) is 19.2 Å². The number of amides is 1. The standard InChI is InChI=1S/C13H23NO3/c1-4-5-12(15)14-9-8-11(10(2)3)6-7-13(16)17/h4-5,10-11H,6-9H2,1-3H3,(H,14,15)(H,16,17). The lowest BCUT2D eigenvalue weighted by Gasteiger charge is -2.19. The molecular weight excluding hydrogens is 218 g/mol. The van der Waals surface area contributed by atoms with E-state index in [1.54, 1.807) is 13.0 Å². The molecule has 0 saturated carbocycles. The van der Waals surface area contributed by atoms with E-state index in [1.807, 2.05) is 0 Å². The highest BCUT2D eigenvalue weighted by molar-refractivity contribution is 5.87. The number of aliphatic carboxylic acids is 1. The Labute approximate surface area is 103 Å². The van der Waals surface area contributed by atoms with Gasteiger partial charge in [-0.25, -0.2) is 0 Å². The maximum Gasteiger partial charge on any atom is 0.303 e. The van der Waals surface area contributed by atoms with Crippen molar-refractivity contribution in [2.45, 2.75) is 40.0 Å². The smallest absolute Gasteiger partial charge is 0.303 e. The molecule has 98 valence electrons. The molecule has 0 aromatic carbocycles. The highest BCUT2D eigenvalue weighted by Crippen LogP contribution is 2.20. The fraction of sp³-hybridized carbons (Fsp3) is 0.692. The minimum Gasteiger partial charge on any atom is -0.481 e. The summed E-state index contributed by atoms with van der Waals surface area (Å²) in [5, 5.41) is 11.4. The van der Waals surface area contributed by atoms with E-state index in [9.17, 15) is 9.59 Å². The summed E-state index contributed by atoms with van der Waals surface area (Å²) in [6, 6.07) is 0. The summed E-state index contributed by atoms with van der Waals surface area (Å²) < 4.78 is 0. The minimum absolute atomic E-state index is 0.0896. The fourth-order valence-corrected chi connectivity index (χ4v) is 1.71. The molecule has 0 rings (SSSR count). The van der Waals surface area contributed by atoms with Gasteiger partial charge in [0.1, 0.15) is 0 Å². The molecule has 4 nitrogen and oxygen atoms in total. The lowest BCUT2D eigenvalue weighted by molar-refractivity contribution is -0.137. The minimum atomic E-state index is -0.756. The molecule has 0 saturated heterocycles. The quantitative estimate of drug-likeness (QED) is 0.640. The summed E-state index contributed by atoms with van der Waals surface area (Å²) in [6.45, 7) is 6.57. The first kappa shape index (κ1) is 15.7. The van der Waals surface area contributed by atoms with Crippen molar-refractivity contribution in [2.75, 3.05) is 6.54 Å². The number of carboxylic acid groups (broad SMARTS) is 1. The number of carbonyl (C=O) groups excluding carboxylic acids is 1. The van der Waals surface area contributed by atoms with Crippen molar-refractivity contribution < 1.29 is 14.7 Å². The van der Waals surface area contributed by atoms with Crippen molar-refractivity contribution in [3.05, 3.63) is 12.2 Å². The maximum absolute atomic E-state index is 11.2. The van der Waals surface area contributed by atoms with E-state index in [1.165, 1.54) is 6.08 Å². The van der Waals surface area contributed by atoms with Gasteiger partial charge in [-0.1, -0.05) is 19.9 Å². The van der Waals surface area contributed by atoms with Crippen LogP contribution in [0.1, 0.15) is 40.0 Å². The van der Waals surface area contributed by atoms with Gasteiger partial charge in [0.05, 0.1) is 0 Å². The molecule has 17 heavy (non-hydrogen) atoms. The molecule has 0 aliphatic rings. The van der Waals surface area contributed by atoms with Crippen molar-refractivity contribution >= 4 is 11.9 Å². The van der Waals surface area contributed by atoms with Crippen molar-refractivity contribution in [3.63, 3.8) is 0 Å². The molecule has 0 aliphatic heterocycles. The Hall–Kier alpha value is -1.32. The lowest BCUT2D eigenvalue weighted by Crippen LogP contribution is -2.25. The second-order valence-electron chi connectivity index (χ2n) is 4.52. The van der Waals surface area contributed by atoms with Crippen LogP contribution < -0.4 is 5.32 Å². The lowest BCUT2D eigenvalue weighted by atomic mass is 9.88. The summed E-state index contributed by atoms with van der Waals surface area (Å²) >= 11 is 0. The average Bonchev–Trinajstić information content (AvgIpc) is 2.22. The summed E-state index contributed by atoms with van der Waals surface area (Å²) in [6.07, 6.45) is 4.88. The fourth-order valence-electron chi connectivity index (χ4n) is 1.71. The molecule has 1 atom stereocenters. The number of hydrogen-bond donors (Lipinski definition) is 2. The van der Waals surface area contributed by atoms with Gasteiger partial charge in [0.15, 0.2) is 0 Å². The molecular formula is C13H23NO3. The average molecular weight is 241 g/mol. The molecule has 0 aromatic heterocycles. The first-order chi connectivity index (χ1) is 7.97. The second-order valence-corrected chi connectivity index (χ2v) is 4.52. The molecule has 4 heteroatoms. The number of nitrogens with one attached hydrogen (secondary N) is 1. The molecule has 0 spiro atoms. The number of allylic oxidation sites excluding steroid dienone is 1. The molecule has 0 radical (unpaired) electrons. The van der Waals surface area contributed by atoms with Crippen molar-refractivity contribution in [2.24, 2.45) is 11.8 Å². The molecule has 1 amide bonds. The Morgan fingerprint density at radius 3 is 2.41 bits per heavy atom. The van der Waals surface area contributed by atoms with E-state index < -0.39 is 5.97 Å². The Balaban J connectivity index is 3.92. The third-order valence-electron chi connectivity index (χ3n) is 2.80. The predicted molar refractivity (Wildman–Crippen MR) is 67.6 cm³/mol. The molecule has 0 aliphatic carbocycles. The van der Waals surface area contributed by atoms with Crippen LogP contribution in [0.2, 0.25) is 0 Å². The van der Waals surface area contributed by atoms with Gasteiger partial charge in [-0.3, -0.25) is 9.59 Å². The third kappa shape index (κ3) is 8.48. The first-order valence-corrected chi connectivity index (χ1v) is 6.09. The third-order valence-corrected chi connectivity index (χ3v) is 2.80. The van der Waals surface area contributed by atoms with Gasteiger partial charge in [-0.05, 0) is 37.7 Å². The summed E-state index contributed by atoms with van der Waals surface area (Å²) in [5.41, 5.74) is 0. The molecule has 2 N–H and O–H groups in total. The number of hydrogen-bond acceptors (Lipinski definition) is 2. The monoisotopic (exact) mass is 241 g/mol. The molecule has 0 fully saturated rings. The highest BCUT2D eigenvalue weighted by Gasteiger charge is 2.14. The predicted octanol–water partition coefficient (Wildman–Crippen LogP) is 2.21. The maximum atomic E-state index is 11.2. The summed E-state index contributed by atoms with van der Waals surface area (Å²) in [5.74, 6) is -0.0631. The number of rotatable bonds is 8. The zero-order valence-corrected chi connectivity index (χ0v) is 10.9. The topological polar surface area (TPSA) is 66.4 Å². The Morgan fingerprint density at radius 1 is 1.29 bits per heavy atom. The van der Waals surface area contributed by atoms with Gasteiger partial charge in [-0.15, -0.1) is 0 Å². The van der Waals surface area contributed by atoms with Crippen LogP contribution in [0.5, 0.6) is 0 Å². The largest absolute Gasteiger partial charge is 0.481 e. The number of carboxylic acids is 1. The van der Waals surface area contributed by atoms with Crippen LogP contribution in [0.25, 0.3) is 0 Å². The van der Waals surface area contributed by atoms with Gasteiger partial charge >= 0.3 is 5.97 Å². The van der Waals surface area contributed by atoms with Crippen molar-refractivity contribution in [1.29, 1.82) is 0 Å². The Morgan fingerprint density at radius 2 is 1.94 bits per heavy atom. The van der Waals surface area contributed by atoms with Crippen LogP contribution in [-0.4, -0.2) is 23.5 Å². The zero-order valence-electron chi connectivity index (χ0n) is 10.9. The van der Waals surface area contributed by atoms with E-state index >= 15 is 0 Å². The Bertz CT molecular complexity index is 272. The highest BCUT2D eigenvalue weighted by atomic mass is 16.4. The van der Waals surface area contributed by atoms with Crippen LogP contribution >= 0.6 is 0 Å². The summed E-state index contributed by atoms with van der Waals surface area (Å²) in [7, 11) is 0. The van der Waals surface area contributed by atoms with Crippen LogP contribution in [0, 0.1) is 11.8 Å². The van der Waals surface area contributed by atoms with Gasteiger partial charge in [0.2, 0.25) is 5.91 Å². The normalized spacial score (nSPS) is 12.9. The van der Waals surface area contributed by atoms with Gasteiger partial charge in [0.25, 0.3) is 0 Å². The SMILES string of the molecule is CC=CC(=O)NCCC(CCC(=O)O)C(C)C. The van der Waals surface area contributed by atoms with E-state index in [0.29, 0.717) is 24.8 Å². The van der Waals surface area contributed by atoms with Crippen LogP contribution in [0.3, 0.4) is 0 Å². The molecule has 0 bridgehead atoms. The molecule has 1 unspecified atom stereocenters. The zero-order chi connectivity index (χ0) is 13.3. The first-order valence-electron chi connectivity index (χ1n) is 6.09. The van der Waals surface area contributed by atoms with Crippen LogP contribution in [0.4, 0.5) is 0 Å². The van der Waals surface area contributed by atoms with E-state index in [4.69, 9.17) is 5.11 Å². The second kappa shape index (κ2) is 8.79. The Kier molecular flexibility index (Phi) is 8.11. The van der Waals surface area contributed by atoms with Crippen molar-refractivity contribution in [3.8, 4) is 0 Å². The van der Waals surface area contributed by atoms with E-state index in [-0.39, 0.29) is 12.3 Å². The van der Waals surface area contributed by atoms with Crippen molar-refractivity contribution in [1.82, 2.24) is 5.32 Å². The summed E-state index contributed by atoms with van der Waals surface area (Å²) in [4.78, 5) is 21.7. The van der Waals surface area contributed by atoms with Gasteiger partial charge in [-0.2, -0.15) is 0 Å².